The van der Waals surface area contributed by atoms with Gasteiger partial charge in [0.25, 0.3) is 0 Å². The fourth-order valence-electron chi connectivity index (χ4n) is 5.25. The third-order valence-corrected chi connectivity index (χ3v) is 8.25. The van der Waals surface area contributed by atoms with Crippen molar-refractivity contribution >= 4 is 38.2 Å². The third kappa shape index (κ3) is 6.78. The number of fused-ring (bicyclic) bond motifs is 1. The van der Waals surface area contributed by atoms with E-state index in [9.17, 15) is 13.7 Å². The molecule has 0 amide bonds. The monoisotopic (exact) mass is 538 g/mol. The van der Waals surface area contributed by atoms with E-state index in [-0.39, 0.29) is 5.75 Å². The van der Waals surface area contributed by atoms with Crippen molar-refractivity contribution in [1.82, 2.24) is 24.6 Å². The minimum atomic E-state index is -3.00. The topological polar surface area (TPSA) is 138 Å². The molecule has 2 N–H and O–H groups in total. The standard InChI is InChI=1S/C26H34N8O3S/c1-38(35,36)14-2-9-34-18-21(17-28-34)30-26-31-24-8-3-19(16-27)15-23(24)25(32-26)29-20-4-6-22(7-5-20)33-10-12-37-13-11-33/h3,8,15,17-18,20,22H,2,4-7,9-14H2,1H3,(H2,29,30,31,32)/t20-,22-. The summed E-state index contributed by atoms with van der Waals surface area (Å²) in [6, 6.07) is 8.55. The number of rotatable bonds is 9. The summed E-state index contributed by atoms with van der Waals surface area (Å²) in [6.07, 6.45) is 9.59. The highest BCUT2D eigenvalue weighted by atomic mass is 32.2. The van der Waals surface area contributed by atoms with Gasteiger partial charge in [0.05, 0.1) is 48.0 Å². The van der Waals surface area contributed by atoms with Gasteiger partial charge >= 0.3 is 0 Å². The summed E-state index contributed by atoms with van der Waals surface area (Å²) in [5, 5.41) is 21.5. The molecule has 3 heterocycles. The minimum Gasteiger partial charge on any atom is -0.379 e. The molecule has 2 aromatic heterocycles. The first-order valence-electron chi connectivity index (χ1n) is 13.1. The molecule has 38 heavy (non-hydrogen) atoms. The predicted molar refractivity (Wildman–Crippen MR) is 146 cm³/mol. The molecule has 1 aliphatic carbocycles. The van der Waals surface area contributed by atoms with Crippen LogP contribution in [0, 0.1) is 11.3 Å². The first-order chi connectivity index (χ1) is 18.4. The van der Waals surface area contributed by atoms with Gasteiger partial charge in [0, 0.05) is 49.6 Å². The Morgan fingerprint density at radius 3 is 2.68 bits per heavy atom. The van der Waals surface area contributed by atoms with Crippen LogP contribution in [0.25, 0.3) is 10.9 Å². The molecule has 0 atom stereocenters. The maximum Gasteiger partial charge on any atom is 0.229 e. The Kier molecular flexibility index (Phi) is 8.06. The van der Waals surface area contributed by atoms with Crippen molar-refractivity contribution in [3.63, 3.8) is 0 Å². The van der Waals surface area contributed by atoms with Crippen LogP contribution >= 0.6 is 0 Å². The molecule has 5 rings (SSSR count). The molecule has 3 aromatic rings. The number of anilines is 3. The Bertz CT molecular complexity index is 1400. The zero-order chi connectivity index (χ0) is 26.5. The predicted octanol–water partition coefficient (Wildman–Crippen LogP) is 2.93. The zero-order valence-corrected chi connectivity index (χ0v) is 22.5. The van der Waals surface area contributed by atoms with Gasteiger partial charge in [0.15, 0.2) is 0 Å². The van der Waals surface area contributed by atoms with Crippen molar-refractivity contribution in [3.05, 3.63) is 36.2 Å². The van der Waals surface area contributed by atoms with Crippen LogP contribution in [0.3, 0.4) is 0 Å². The van der Waals surface area contributed by atoms with Gasteiger partial charge in [-0.25, -0.2) is 13.4 Å². The molecule has 1 saturated carbocycles. The number of morpholine rings is 1. The number of benzene rings is 1. The lowest BCUT2D eigenvalue weighted by Crippen LogP contribution is -2.46. The molecule has 1 aromatic carbocycles. The second-order valence-corrected chi connectivity index (χ2v) is 12.4. The number of nitrogens with one attached hydrogen (secondary N) is 2. The number of sulfone groups is 1. The Balaban J connectivity index is 1.29. The second-order valence-electron chi connectivity index (χ2n) is 10.1. The highest BCUT2D eigenvalue weighted by molar-refractivity contribution is 7.90. The first-order valence-corrected chi connectivity index (χ1v) is 15.2. The molecule has 2 fully saturated rings. The lowest BCUT2D eigenvalue weighted by molar-refractivity contribution is 0.00791. The first kappa shape index (κ1) is 26.3. The van der Waals surface area contributed by atoms with Gasteiger partial charge in [-0.05, 0) is 50.3 Å². The Morgan fingerprint density at radius 1 is 1.16 bits per heavy atom. The fourth-order valence-corrected chi connectivity index (χ4v) is 5.91. The van der Waals surface area contributed by atoms with Crippen molar-refractivity contribution in [2.24, 2.45) is 0 Å². The molecule has 11 nitrogen and oxygen atoms in total. The summed E-state index contributed by atoms with van der Waals surface area (Å²) in [4.78, 5) is 12.0. The summed E-state index contributed by atoms with van der Waals surface area (Å²) in [7, 11) is -3.00. The van der Waals surface area contributed by atoms with Crippen LogP contribution in [0.1, 0.15) is 37.7 Å². The van der Waals surface area contributed by atoms with Crippen molar-refractivity contribution in [1.29, 1.82) is 5.26 Å². The van der Waals surface area contributed by atoms with Gasteiger partial charge in [-0.15, -0.1) is 0 Å². The number of hydrogen-bond acceptors (Lipinski definition) is 10. The lowest BCUT2D eigenvalue weighted by atomic mass is 9.90. The highest BCUT2D eigenvalue weighted by Gasteiger charge is 2.27. The number of aromatic nitrogens is 4. The molecule has 0 unspecified atom stereocenters. The summed E-state index contributed by atoms with van der Waals surface area (Å²) in [6.45, 7) is 4.17. The largest absolute Gasteiger partial charge is 0.379 e. The van der Waals surface area contributed by atoms with Gasteiger partial charge < -0.3 is 15.4 Å². The normalized spacial score (nSPS) is 20.7. The number of hydrogen-bond donors (Lipinski definition) is 2. The molecule has 12 heteroatoms. The van der Waals surface area contributed by atoms with Crippen LogP contribution in [0.5, 0.6) is 0 Å². The van der Waals surface area contributed by atoms with Crippen LogP contribution in [0.4, 0.5) is 17.5 Å². The van der Waals surface area contributed by atoms with E-state index < -0.39 is 9.84 Å². The fraction of sp³-hybridized carbons (Fsp3) is 0.538. The molecule has 2 aliphatic rings. The summed E-state index contributed by atoms with van der Waals surface area (Å²) in [5.41, 5.74) is 2.03. The summed E-state index contributed by atoms with van der Waals surface area (Å²) in [5.74, 6) is 1.27. The van der Waals surface area contributed by atoms with Gasteiger partial charge in [0.2, 0.25) is 5.95 Å². The van der Waals surface area contributed by atoms with Crippen LogP contribution in [0.15, 0.2) is 30.6 Å². The van der Waals surface area contributed by atoms with E-state index in [1.165, 1.54) is 6.26 Å². The SMILES string of the molecule is CS(=O)(=O)CCCn1cc(Nc2nc(N[C@H]3CC[C@H](N4CCOCC4)CC3)c3cc(C#N)ccc3n2)cn1. The maximum atomic E-state index is 11.4. The molecule has 202 valence electrons. The molecule has 1 saturated heterocycles. The van der Waals surface area contributed by atoms with E-state index in [0.717, 1.165) is 62.9 Å². The van der Waals surface area contributed by atoms with Crippen LogP contribution in [-0.2, 0) is 21.1 Å². The van der Waals surface area contributed by atoms with Crippen LogP contribution in [0.2, 0.25) is 0 Å². The zero-order valence-electron chi connectivity index (χ0n) is 21.6. The number of nitrogens with zero attached hydrogens (tertiary/aromatic N) is 6. The molecule has 0 spiro atoms. The number of aryl methyl sites for hydroxylation is 1. The van der Waals surface area contributed by atoms with E-state index >= 15 is 0 Å². The molecule has 0 bridgehead atoms. The van der Waals surface area contributed by atoms with Crippen molar-refractivity contribution < 1.29 is 13.2 Å². The lowest BCUT2D eigenvalue weighted by Gasteiger charge is -2.39. The quantitative estimate of drug-likeness (QED) is 0.418. The van der Waals surface area contributed by atoms with E-state index in [4.69, 9.17) is 9.72 Å². The smallest absolute Gasteiger partial charge is 0.229 e. The van der Waals surface area contributed by atoms with Crippen LogP contribution in [-0.4, -0.2) is 83.5 Å². The van der Waals surface area contributed by atoms with E-state index in [2.05, 4.69) is 31.7 Å². The van der Waals surface area contributed by atoms with Gasteiger partial charge in [0.1, 0.15) is 15.7 Å². The Hall–Kier alpha value is -3.27. The van der Waals surface area contributed by atoms with Gasteiger partial charge in [-0.2, -0.15) is 15.3 Å². The molecular formula is C26H34N8O3S. The molecular weight excluding hydrogens is 504 g/mol. The average molecular weight is 539 g/mol. The van der Waals surface area contributed by atoms with E-state index in [1.807, 2.05) is 18.3 Å². The van der Waals surface area contributed by atoms with E-state index in [0.29, 0.717) is 48.1 Å². The summed E-state index contributed by atoms with van der Waals surface area (Å²) >= 11 is 0. The van der Waals surface area contributed by atoms with Crippen molar-refractivity contribution in [2.45, 2.75) is 50.7 Å². The number of nitriles is 1. The molecule has 0 radical (unpaired) electrons. The molecule has 1 aliphatic heterocycles. The third-order valence-electron chi connectivity index (χ3n) is 7.22. The van der Waals surface area contributed by atoms with Crippen molar-refractivity contribution in [3.8, 4) is 6.07 Å². The number of ether oxygens (including phenoxy) is 1. The minimum absolute atomic E-state index is 0.123. The highest BCUT2D eigenvalue weighted by Crippen LogP contribution is 2.30. The maximum absolute atomic E-state index is 11.4. The Morgan fingerprint density at radius 2 is 1.95 bits per heavy atom. The van der Waals surface area contributed by atoms with Crippen molar-refractivity contribution in [2.75, 3.05) is 48.9 Å². The van der Waals surface area contributed by atoms with Crippen LogP contribution < -0.4 is 10.6 Å². The second kappa shape index (κ2) is 11.6. The van der Waals surface area contributed by atoms with E-state index in [1.54, 1.807) is 16.9 Å². The average Bonchev–Trinajstić information content (AvgIpc) is 3.35. The van der Waals surface area contributed by atoms with Gasteiger partial charge in [-0.1, -0.05) is 0 Å². The summed E-state index contributed by atoms with van der Waals surface area (Å²) < 4.78 is 30.0. The Labute approximate surface area is 223 Å². The van der Waals surface area contributed by atoms with Gasteiger partial charge in [-0.3, -0.25) is 9.58 Å².